The van der Waals surface area contributed by atoms with Crippen LogP contribution in [0.1, 0.15) is 11.1 Å². The van der Waals surface area contributed by atoms with Gasteiger partial charge in [-0.05, 0) is 24.5 Å². The van der Waals surface area contributed by atoms with E-state index in [4.69, 9.17) is 9.84 Å². The van der Waals surface area contributed by atoms with Crippen LogP contribution in [0, 0.1) is 18.6 Å². The van der Waals surface area contributed by atoms with Crippen LogP contribution in [-0.2, 0) is 16.0 Å². The maximum Gasteiger partial charge on any atom is 0.329 e. The van der Waals surface area contributed by atoms with Gasteiger partial charge in [-0.2, -0.15) is 0 Å². The van der Waals surface area contributed by atoms with Crippen molar-refractivity contribution in [1.29, 1.82) is 0 Å². The Kier molecular flexibility index (Phi) is 4.37. The van der Waals surface area contributed by atoms with E-state index in [0.29, 0.717) is 11.1 Å². The van der Waals surface area contributed by atoms with Gasteiger partial charge in [0.25, 0.3) is 0 Å². The number of hydrogen-bond donors (Lipinski definition) is 1. The van der Waals surface area contributed by atoms with E-state index >= 15 is 0 Å². The van der Waals surface area contributed by atoms with Gasteiger partial charge in [-0.25, -0.2) is 13.6 Å². The molecule has 1 N–H and O–H groups in total. The predicted octanol–water partition coefficient (Wildman–Crippen LogP) is 1.92. The molecule has 0 aliphatic carbocycles. The average Bonchev–Trinajstić information content (AvgIpc) is 2.19. The molecule has 88 valence electrons. The van der Waals surface area contributed by atoms with E-state index in [1.54, 1.807) is 0 Å². The number of aliphatic carboxylic acids is 1. The summed E-state index contributed by atoms with van der Waals surface area (Å²) in [6, 6.07) is 2.22. The lowest BCUT2D eigenvalue weighted by Crippen LogP contribution is -2.09. The third-order valence-corrected chi connectivity index (χ3v) is 2.07. The Morgan fingerprint density at radius 2 is 2.06 bits per heavy atom. The SMILES string of the molecule is Cc1cc(CCOCC(=O)O)c(F)cc1F. The quantitative estimate of drug-likeness (QED) is 0.786. The van der Waals surface area contributed by atoms with Crippen LogP contribution in [0.15, 0.2) is 12.1 Å². The monoisotopic (exact) mass is 230 g/mol. The molecule has 16 heavy (non-hydrogen) atoms. The van der Waals surface area contributed by atoms with Crippen LogP contribution in [0.5, 0.6) is 0 Å². The fourth-order valence-corrected chi connectivity index (χ4v) is 1.25. The van der Waals surface area contributed by atoms with Crippen LogP contribution in [0.25, 0.3) is 0 Å². The average molecular weight is 230 g/mol. The highest BCUT2D eigenvalue weighted by molar-refractivity contribution is 5.67. The molecule has 0 amide bonds. The zero-order valence-electron chi connectivity index (χ0n) is 8.80. The van der Waals surface area contributed by atoms with Crippen molar-refractivity contribution in [3.8, 4) is 0 Å². The van der Waals surface area contributed by atoms with E-state index in [1.807, 2.05) is 0 Å². The summed E-state index contributed by atoms with van der Waals surface area (Å²) in [5, 5.41) is 8.30. The Morgan fingerprint density at radius 1 is 1.38 bits per heavy atom. The first-order chi connectivity index (χ1) is 7.50. The number of carboxylic acids is 1. The number of carboxylic acid groups (broad SMARTS) is 1. The molecule has 1 aromatic carbocycles. The molecule has 1 rings (SSSR count). The first-order valence-electron chi connectivity index (χ1n) is 4.74. The summed E-state index contributed by atoms with van der Waals surface area (Å²) >= 11 is 0. The molecule has 5 heteroatoms. The van der Waals surface area contributed by atoms with Gasteiger partial charge in [0.05, 0.1) is 6.61 Å². The Hall–Kier alpha value is -1.49. The molecule has 0 spiro atoms. The summed E-state index contributed by atoms with van der Waals surface area (Å²) in [4.78, 5) is 10.1. The van der Waals surface area contributed by atoms with Gasteiger partial charge in [-0.3, -0.25) is 0 Å². The summed E-state index contributed by atoms with van der Waals surface area (Å²) in [6.07, 6.45) is 0.222. The Bertz CT molecular complexity index is 391. The van der Waals surface area contributed by atoms with E-state index < -0.39 is 24.2 Å². The van der Waals surface area contributed by atoms with Crippen molar-refractivity contribution in [2.45, 2.75) is 13.3 Å². The van der Waals surface area contributed by atoms with Crippen molar-refractivity contribution in [3.05, 3.63) is 34.9 Å². The molecule has 0 bridgehead atoms. The third kappa shape index (κ3) is 3.58. The second-order valence-electron chi connectivity index (χ2n) is 3.39. The largest absolute Gasteiger partial charge is 0.480 e. The number of ether oxygens (including phenoxy) is 1. The van der Waals surface area contributed by atoms with Gasteiger partial charge in [-0.1, -0.05) is 6.07 Å². The number of hydrogen-bond acceptors (Lipinski definition) is 2. The number of rotatable bonds is 5. The maximum atomic E-state index is 13.2. The van der Waals surface area contributed by atoms with Crippen molar-refractivity contribution in [3.63, 3.8) is 0 Å². The topological polar surface area (TPSA) is 46.5 Å². The van der Waals surface area contributed by atoms with Crippen molar-refractivity contribution < 1.29 is 23.4 Å². The minimum atomic E-state index is -1.07. The molecule has 0 unspecified atom stereocenters. The molecule has 0 saturated carbocycles. The van der Waals surface area contributed by atoms with Crippen LogP contribution >= 0.6 is 0 Å². The highest BCUT2D eigenvalue weighted by Gasteiger charge is 2.07. The highest BCUT2D eigenvalue weighted by Crippen LogP contribution is 2.14. The first kappa shape index (κ1) is 12.6. The molecule has 0 fully saturated rings. The van der Waals surface area contributed by atoms with Gasteiger partial charge in [0.1, 0.15) is 18.2 Å². The van der Waals surface area contributed by atoms with Crippen molar-refractivity contribution in [2.75, 3.05) is 13.2 Å². The van der Waals surface area contributed by atoms with Gasteiger partial charge in [0.15, 0.2) is 0 Å². The summed E-state index contributed by atoms with van der Waals surface area (Å²) in [6.45, 7) is 1.21. The molecule has 0 atom stereocenters. The van der Waals surface area contributed by atoms with E-state index in [1.165, 1.54) is 13.0 Å². The third-order valence-electron chi connectivity index (χ3n) is 2.07. The predicted molar refractivity (Wildman–Crippen MR) is 53.3 cm³/mol. The maximum absolute atomic E-state index is 13.2. The molecule has 0 aromatic heterocycles. The van der Waals surface area contributed by atoms with Crippen molar-refractivity contribution in [1.82, 2.24) is 0 Å². The molecule has 0 aliphatic rings. The van der Waals surface area contributed by atoms with Crippen LogP contribution in [0.2, 0.25) is 0 Å². The lowest BCUT2D eigenvalue weighted by Gasteiger charge is -2.05. The van der Waals surface area contributed by atoms with E-state index in [-0.39, 0.29) is 13.0 Å². The Labute approximate surface area is 91.7 Å². The molecule has 0 heterocycles. The fraction of sp³-hybridized carbons (Fsp3) is 0.364. The normalized spacial score (nSPS) is 10.4. The molecule has 0 aliphatic heterocycles. The summed E-state index contributed by atoms with van der Waals surface area (Å²) in [5.41, 5.74) is 0.680. The van der Waals surface area contributed by atoms with Gasteiger partial charge >= 0.3 is 5.97 Å². The van der Waals surface area contributed by atoms with E-state index in [0.717, 1.165) is 6.07 Å². The highest BCUT2D eigenvalue weighted by atomic mass is 19.1. The number of aryl methyl sites for hydroxylation is 1. The fourth-order valence-electron chi connectivity index (χ4n) is 1.25. The molecule has 0 radical (unpaired) electrons. The van der Waals surface area contributed by atoms with Crippen LogP contribution < -0.4 is 0 Å². The summed E-state index contributed by atoms with van der Waals surface area (Å²) < 4.78 is 30.9. The first-order valence-corrected chi connectivity index (χ1v) is 4.74. The Balaban J connectivity index is 2.54. The minimum absolute atomic E-state index is 0.0916. The summed E-state index contributed by atoms with van der Waals surface area (Å²) in [7, 11) is 0. The lowest BCUT2D eigenvalue weighted by atomic mass is 10.1. The molecule has 0 saturated heterocycles. The number of carbonyl (C=O) groups is 1. The Morgan fingerprint density at radius 3 is 2.69 bits per heavy atom. The van der Waals surface area contributed by atoms with Crippen LogP contribution in [-0.4, -0.2) is 24.3 Å². The standard InChI is InChI=1S/C11H12F2O3/c1-7-4-8(10(13)5-9(7)12)2-3-16-6-11(14)15/h4-5H,2-3,6H2,1H3,(H,14,15). The zero-order valence-corrected chi connectivity index (χ0v) is 8.80. The van der Waals surface area contributed by atoms with E-state index in [9.17, 15) is 13.6 Å². The number of benzene rings is 1. The van der Waals surface area contributed by atoms with E-state index in [2.05, 4.69) is 0 Å². The minimum Gasteiger partial charge on any atom is -0.480 e. The molecular formula is C11H12F2O3. The zero-order chi connectivity index (χ0) is 12.1. The van der Waals surface area contributed by atoms with Crippen molar-refractivity contribution in [2.24, 2.45) is 0 Å². The van der Waals surface area contributed by atoms with Gasteiger partial charge in [0, 0.05) is 6.07 Å². The second-order valence-corrected chi connectivity index (χ2v) is 3.39. The number of halogens is 2. The molecule has 3 nitrogen and oxygen atoms in total. The second kappa shape index (κ2) is 5.55. The van der Waals surface area contributed by atoms with Crippen LogP contribution in [0.4, 0.5) is 8.78 Å². The molecule has 1 aromatic rings. The van der Waals surface area contributed by atoms with Crippen LogP contribution in [0.3, 0.4) is 0 Å². The van der Waals surface area contributed by atoms with Gasteiger partial charge < -0.3 is 9.84 Å². The lowest BCUT2D eigenvalue weighted by molar-refractivity contribution is -0.142. The smallest absolute Gasteiger partial charge is 0.329 e. The van der Waals surface area contributed by atoms with Gasteiger partial charge in [0.2, 0.25) is 0 Å². The van der Waals surface area contributed by atoms with Gasteiger partial charge in [-0.15, -0.1) is 0 Å². The summed E-state index contributed by atoms with van der Waals surface area (Å²) in [5.74, 6) is -2.30. The molecular weight excluding hydrogens is 218 g/mol. The van der Waals surface area contributed by atoms with Crippen molar-refractivity contribution >= 4 is 5.97 Å².